The topological polar surface area (TPSA) is 18.1 Å². The number of aryl methyl sites for hydroxylation is 4. The summed E-state index contributed by atoms with van der Waals surface area (Å²) in [7, 11) is 0. The predicted octanol–water partition coefficient (Wildman–Crippen LogP) is 14.6. The van der Waals surface area contributed by atoms with Gasteiger partial charge in [0.1, 0.15) is 11.2 Å². The lowest BCUT2D eigenvalue weighted by atomic mass is 9.84. The van der Waals surface area contributed by atoms with Gasteiger partial charge in [-0.25, -0.2) is 0 Å². The zero-order chi connectivity index (χ0) is 36.7. The van der Waals surface area contributed by atoms with Crippen molar-refractivity contribution < 1.29 is 17.6 Å². The van der Waals surface area contributed by atoms with E-state index in [1.165, 1.54) is 34.4 Å². The Bertz CT molecular complexity index is 3150. The second-order valence-corrected chi connectivity index (χ2v) is 15.3. The van der Waals surface area contributed by atoms with Crippen LogP contribution in [0.4, 0.5) is 13.2 Å². The van der Waals surface area contributed by atoms with Crippen molar-refractivity contribution in [3.63, 3.8) is 0 Å². The van der Waals surface area contributed by atoms with Crippen LogP contribution < -0.4 is 0 Å². The van der Waals surface area contributed by atoms with Crippen molar-refractivity contribution in [3.05, 3.63) is 137 Å². The van der Waals surface area contributed by atoms with Gasteiger partial charge in [0.2, 0.25) is 0 Å². The molecule has 10 aromatic rings. The van der Waals surface area contributed by atoms with Gasteiger partial charge in [-0.2, -0.15) is 13.2 Å². The number of rotatable bonds is 3. The first-order valence-corrected chi connectivity index (χ1v) is 18.2. The molecule has 8 aromatic carbocycles. The lowest BCUT2D eigenvalue weighted by Crippen LogP contribution is -2.06. The smallest absolute Gasteiger partial charge is 0.416 e. The first-order chi connectivity index (χ1) is 25.4. The highest BCUT2D eigenvalue weighted by molar-refractivity contribution is 6.38. The molecule has 0 saturated heterocycles. The summed E-state index contributed by atoms with van der Waals surface area (Å²) in [4.78, 5) is 0. The van der Waals surface area contributed by atoms with Crippen molar-refractivity contribution in [2.24, 2.45) is 0 Å². The first-order valence-electron chi connectivity index (χ1n) is 18.2. The maximum absolute atomic E-state index is 14.2. The van der Waals surface area contributed by atoms with Crippen molar-refractivity contribution in [2.45, 2.75) is 53.6 Å². The molecular weight excluding hydrogens is 664 g/mol. The van der Waals surface area contributed by atoms with E-state index in [-0.39, 0.29) is 0 Å². The quantitative estimate of drug-likeness (QED) is 0.168. The van der Waals surface area contributed by atoms with Gasteiger partial charge < -0.3 is 8.98 Å². The summed E-state index contributed by atoms with van der Waals surface area (Å²) in [6.45, 7) is 12.9. The van der Waals surface area contributed by atoms with E-state index in [1.807, 2.05) is 16.7 Å². The van der Waals surface area contributed by atoms with Gasteiger partial charge >= 0.3 is 6.18 Å². The van der Waals surface area contributed by atoms with E-state index in [1.54, 1.807) is 6.07 Å². The minimum absolute atomic E-state index is 0.359. The van der Waals surface area contributed by atoms with Crippen LogP contribution in [0.25, 0.3) is 92.9 Å². The lowest BCUT2D eigenvalue weighted by Gasteiger charge is -2.20. The molecular formula is C48H36F3NO. The number of furan rings is 1. The van der Waals surface area contributed by atoms with Crippen LogP contribution in [0, 0.1) is 27.7 Å². The van der Waals surface area contributed by atoms with E-state index in [0.29, 0.717) is 11.6 Å². The minimum Gasteiger partial charge on any atom is -0.456 e. The van der Waals surface area contributed by atoms with E-state index >= 15 is 0 Å². The summed E-state index contributed by atoms with van der Waals surface area (Å²) in [6.07, 6.45) is -4.47. The number of halogens is 3. The van der Waals surface area contributed by atoms with E-state index in [0.717, 1.165) is 98.8 Å². The van der Waals surface area contributed by atoms with Gasteiger partial charge in [0.05, 0.1) is 16.6 Å². The van der Waals surface area contributed by atoms with Gasteiger partial charge in [-0.3, -0.25) is 0 Å². The Morgan fingerprint density at radius 2 is 1.38 bits per heavy atom. The molecule has 0 amide bonds. The molecule has 0 fully saturated rings. The second-order valence-electron chi connectivity index (χ2n) is 15.3. The van der Waals surface area contributed by atoms with E-state index < -0.39 is 11.7 Å². The van der Waals surface area contributed by atoms with Crippen molar-refractivity contribution in [3.8, 4) is 16.8 Å². The molecule has 0 atom stereocenters. The summed E-state index contributed by atoms with van der Waals surface area (Å²) in [5, 5.41) is 10.7. The Hall–Kier alpha value is -5.81. The van der Waals surface area contributed by atoms with Crippen LogP contribution in [-0.4, -0.2) is 4.57 Å². The third-order valence-corrected chi connectivity index (χ3v) is 11.4. The van der Waals surface area contributed by atoms with E-state index in [9.17, 15) is 13.2 Å². The number of hydrogen-bond donors (Lipinski definition) is 0. The van der Waals surface area contributed by atoms with Crippen LogP contribution in [0.2, 0.25) is 0 Å². The average molecular weight is 700 g/mol. The largest absolute Gasteiger partial charge is 0.456 e. The van der Waals surface area contributed by atoms with Crippen LogP contribution in [0.1, 0.15) is 53.1 Å². The fourth-order valence-corrected chi connectivity index (χ4v) is 9.18. The third-order valence-electron chi connectivity index (χ3n) is 11.4. The van der Waals surface area contributed by atoms with Crippen LogP contribution in [0.3, 0.4) is 0 Å². The molecule has 2 nitrogen and oxygen atoms in total. The van der Waals surface area contributed by atoms with Gasteiger partial charge in [0.15, 0.2) is 0 Å². The molecule has 0 aliphatic rings. The van der Waals surface area contributed by atoms with Gasteiger partial charge in [-0.05, 0) is 149 Å². The maximum atomic E-state index is 14.2. The zero-order valence-electron chi connectivity index (χ0n) is 30.4. The maximum Gasteiger partial charge on any atom is 0.416 e. The summed E-state index contributed by atoms with van der Waals surface area (Å²) in [6, 6.07) is 34.1. The summed E-state index contributed by atoms with van der Waals surface area (Å²) >= 11 is 0. The van der Waals surface area contributed by atoms with Crippen LogP contribution in [-0.2, 0) is 6.18 Å². The Balaban J connectivity index is 1.47. The SMILES string of the molecule is Cc1cc(C)c(-c2cc3c4c(ccc5c6c(cc2c54)oc2ccc(C(C)C)cc26)cc2c4cc(C)ccc4n(-c4cccc(C(F)(F)F)c4)c23)c(C)c1. The van der Waals surface area contributed by atoms with E-state index in [2.05, 4.69) is 108 Å². The molecule has 0 saturated carbocycles. The average Bonchev–Trinajstić information content (AvgIpc) is 3.64. The summed E-state index contributed by atoms with van der Waals surface area (Å²) in [5.41, 5.74) is 11.4. The molecule has 0 unspecified atom stereocenters. The summed E-state index contributed by atoms with van der Waals surface area (Å²) < 4.78 is 51.4. The number of nitrogens with zero attached hydrogens (tertiary/aromatic N) is 1. The van der Waals surface area contributed by atoms with Crippen LogP contribution in [0.15, 0.2) is 108 Å². The molecule has 0 aliphatic heterocycles. The molecule has 53 heavy (non-hydrogen) atoms. The Morgan fingerprint density at radius 3 is 2.13 bits per heavy atom. The van der Waals surface area contributed by atoms with Crippen molar-refractivity contribution >= 4 is 76.1 Å². The third kappa shape index (κ3) is 4.52. The minimum atomic E-state index is -4.47. The highest BCUT2D eigenvalue weighted by Crippen LogP contribution is 2.50. The Kier molecular flexibility index (Phi) is 6.54. The monoisotopic (exact) mass is 699 g/mol. The van der Waals surface area contributed by atoms with E-state index in [4.69, 9.17) is 4.42 Å². The molecule has 260 valence electrons. The van der Waals surface area contributed by atoms with Gasteiger partial charge in [0, 0.05) is 32.6 Å². The Labute approximate surface area is 304 Å². The molecule has 2 heterocycles. The van der Waals surface area contributed by atoms with Crippen molar-refractivity contribution in [1.29, 1.82) is 0 Å². The van der Waals surface area contributed by atoms with Crippen molar-refractivity contribution in [1.82, 2.24) is 4.57 Å². The number of hydrogen-bond acceptors (Lipinski definition) is 1. The molecule has 0 radical (unpaired) electrons. The molecule has 0 aliphatic carbocycles. The lowest BCUT2D eigenvalue weighted by molar-refractivity contribution is -0.137. The number of benzene rings is 8. The zero-order valence-corrected chi connectivity index (χ0v) is 30.4. The highest BCUT2D eigenvalue weighted by atomic mass is 19.4. The standard InChI is InChI=1S/C48H36F3NO/c1-24(2)29-12-15-41-38(19-29)45-33-13-11-30-20-37-34-18-25(3)10-14-40(34)52(32-9-7-8-31(21-32)48(49,50)51)47(37)39-22-35(43-27(5)16-26(4)17-28(43)6)36(23-42(45)53-41)46(33)44(30)39/h7-24H,1-6H3. The van der Waals surface area contributed by atoms with Gasteiger partial charge in [-0.15, -0.1) is 0 Å². The molecule has 2 aromatic heterocycles. The molecule has 10 rings (SSSR count). The number of fused-ring (bicyclic) bond motifs is 8. The molecule has 5 heteroatoms. The summed E-state index contributed by atoms with van der Waals surface area (Å²) in [5.74, 6) is 0.359. The fraction of sp³-hybridized carbons (Fsp3) is 0.167. The van der Waals surface area contributed by atoms with Gasteiger partial charge in [-0.1, -0.05) is 67.4 Å². The van der Waals surface area contributed by atoms with Gasteiger partial charge in [0.25, 0.3) is 0 Å². The Morgan fingerprint density at radius 1 is 0.585 bits per heavy atom. The highest BCUT2D eigenvalue weighted by Gasteiger charge is 2.31. The first kappa shape index (κ1) is 31.9. The molecule has 0 N–H and O–H groups in total. The van der Waals surface area contributed by atoms with Crippen molar-refractivity contribution in [2.75, 3.05) is 0 Å². The number of aromatic nitrogens is 1. The number of alkyl halides is 3. The second kappa shape index (κ2) is 10.9. The normalized spacial score (nSPS) is 12.8. The van der Waals surface area contributed by atoms with Crippen LogP contribution in [0.5, 0.6) is 0 Å². The molecule has 0 bridgehead atoms. The molecule has 0 spiro atoms. The van der Waals surface area contributed by atoms with Crippen LogP contribution >= 0.6 is 0 Å². The fourth-order valence-electron chi connectivity index (χ4n) is 9.18. The predicted molar refractivity (Wildman–Crippen MR) is 215 cm³/mol.